The maximum absolute atomic E-state index is 12.8. The van der Waals surface area contributed by atoms with Gasteiger partial charge in [-0.3, -0.25) is 4.79 Å². The largest absolute Gasteiger partial charge is 0.461 e. The standard InChI is InChI=1S/C33H54O8/c1-22(2)32-23(3)15-12-10-8-6-7-9-11-13-18-29(37)24(4)30(38)21-28(36)19-26(34)16-14-17-27(35)20-31(39)25(5)33(40)41-32/h6-13,15,18,22-32,34-39H,14,16-17,19-21H2,1-5H3/b7-6-,10-8-,11-9-,15-12-,18-13-/t23-,24+,25-,26+,27-,28+,29+,30-,31+,32+/m1/s1. The SMILES string of the molecule is CC(C)[C@@H]1OC(=O)[C@H](C)[C@@H](O)C[C@H](O)CCC[C@H](O)C[C@H](O)C[C@@H](O)[C@@H](C)[C@@H](O)\C=C/C=C\C=C/C=C\C=C/[C@H]1C. The first-order chi connectivity index (χ1) is 19.3. The van der Waals surface area contributed by atoms with Crippen LogP contribution in [0.3, 0.4) is 0 Å². The Hall–Kier alpha value is -2.07. The molecule has 6 N–H and O–H groups in total. The van der Waals surface area contributed by atoms with Crippen LogP contribution in [0, 0.1) is 23.7 Å². The van der Waals surface area contributed by atoms with Gasteiger partial charge in [0, 0.05) is 18.3 Å². The number of hydrogen-bond donors (Lipinski definition) is 6. The van der Waals surface area contributed by atoms with Crippen LogP contribution in [0.15, 0.2) is 60.8 Å². The summed E-state index contributed by atoms with van der Waals surface area (Å²) in [5, 5.41) is 62.5. The van der Waals surface area contributed by atoms with Crippen molar-refractivity contribution in [2.45, 2.75) is 116 Å². The first-order valence-corrected chi connectivity index (χ1v) is 15.0. The van der Waals surface area contributed by atoms with E-state index in [1.165, 1.54) is 0 Å². The van der Waals surface area contributed by atoms with E-state index in [9.17, 15) is 35.4 Å². The van der Waals surface area contributed by atoms with Crippen LogP contribution in [0.2, 0.25) is 0 Å². The molecule has 0 saturated heterocycles. The molecule has 0 fully saturated rings. The molecule has 0 radical (unpaired) electrons. The van der Waals surface area contributed by atoms with E-state index in [2.05, 4.69) is 0 Å². The second-order valence-corrected chi connectivity index (χ2v) is 11.8. The number of carbonyl (C=O) groups is 1. The van der Waals surface area contributed by atoms with E-state index in [4.69, 9.17) is 4.74 Å². The van der Waals surface area contributed by atoms with E-state index in [0.29, 0.717) is 19.3 Å². The van der Waals surface area contributed by atoms with Gasteiger partial charge in [-0.15, -0.1) is 0 Å². The predicted molar refractivity (Wildman–Crippen MR) is 162 cm³/mol. The van der Waals surface area contributed by atoms with Gasteiger partial charge in [0.1, 0.15) is 6.10 Å². The highest BCUT2D eigenvalue weighted by Crippen LogP contribution is 2.23. The predicted octanol–water partition coefficient (Wildman–Crippen LogP) is 3.76. The Kier molecular flexibility index (Phi) is 18.0. The van der Waals surface area contributed by atoms with E-state index in [-0.39, 0.29) is 37.2 Å². The Balaban J connectivity index is 2.99. The molecule has 0 aromatic rings. The Bertz CT molecular complexity index is 876. The second-order valence-electron chi connectivity index (χ2n) is 11.8. The molecular weight excluding hydrogens is 524 g/mol. The lowest BCUT2D eigenvalue weighted by molar-refractivity contribution is -0.162. The monoisotopic (exact) mass is 578 g/mol. The van der Waals surface area contributed by atoms with Crippen molar-refractivity contribution in [1.29, 1.82) is 0 Å². The summed E-state index contributed by atoms with van der Waals surface area (Å²) < 4.78 is 5.79. The van der Waals surface area contributed by atoms with Crippen molar-refractivity contribution < 1.29 is 40.2 Å². The molecule has 234 valence electrons. The molecule has 41 heavy (non-hydrogen) atoms. The summed E-state index contributed by atoms with van der Waals surface area (Å²) in [4.78, 5) is 12.8. The van der Waals surface area contributed by atoms with E-state index < -0.39 is 54.4 Å². The maximum Gasteiger partial charge on any atom is 0.311 e. The Morgan fingerprint density at radius 3 is 1.73 bits per heavy atom. The number of esters is 1. The van der Waals surface area contributed by atoms with Crippen LogP contribution in [0.1, 0.15) is 73.1 Å². The number of ether oxygens (including phenoxy) is 1. The lowest BCUT2D eigenvalue weighted by Crippen LogP contribution is -2.36. The van der Waals surface area contributed by atoms with Gasteiger partial charge in [0.15, 0.2) is 0 Å². The quantitative estimate of drug-likeness (QED) is 0.258. The third-order valence-corrected chi connectivity index (χ3v) is 7.67. The molecular formula is C33H54O8. The molecule has 0 aromatic carbocycles. The topological polar surface area (TPSA) is 148 Å². The molecule has 0 aromatic heterocycles. The minimum atomic E-state index is -1.08. The molecule has 1 heterocycles. The van der Waals surface area contributed by atoms with Crippen molar-refractivity contribution >= 4 is 5.97 Å². The summed E-state index contributed by atoms with van der Waals surface area (Å²) in [6, 6.07) is 0. The van der Waals surface area contributed by atoms with Gasteiger partial charge in [-0.25, -0.2) is 0 Å². The number of aliphatic hydroxyl groups is 6. The molecule has 0 spiro atoms. The number of carbonyl (C=O) groups excluding carboxylic acids is 1. The number of aliphatic hydroxyl groups excluding tert-OH is 6. The normalized spacial score (nSPS) is 40.4. The van der Waals surface area contributed by atoms with Crippen LogP contribution >= 0.6 is 0 Å². The summed E-state index contributed by atoms with van der Waals surface area (Å²) in [5.41, 5.74) is 0. The summed E-state index contributed by atoms with van der Waals surface area (Å²) in [6.45, 7) is 9.22. The van der Waals surface area contributed by atoms with E-state index in [1.54, 1.807) is 32.1 Å². The Morgan fingerprint density at radius 1 is 0.683 bits per heavy atom. The van der Waals surface area contributed by atoms with E-state index >= 15 is 0 Å². The summed E-state index contributed by atoms with van der Waals surface area (Å²) in [5.74, 6) is -1.83. The molecule has 1 aliphatic rings. The van der Waals surface area contributed by atoms with Gasteiger partial charge in [0.05, 0.1) is 42.5 Å². The average molecular weight is 579 g/mol. The van der Waals surface area contributed by atoms with Crippen molar-refractivity contribution in [3.05, 3.63) is 60.8 Å². The van der Waals surface area contributed by atoms with Gasteiger partial charge in [-0.05, 0) is 44.9 Å². The molecule has 0 bridgehead atoms. The fraction of sp³-hybridized carbons (Fsp3) is 0.667. The second kappa shape index (κ2) is 19.9. The van der Waals surface area contributed by atoms with E-state index in [1.807, 2.05) is 63.3 Å². The molecule has 0 unspecified atom stereocenters. The lowest BCUT2D eigenvalue weighted by atomic mass is 9.91. The number of hydrogen-bond acceptors (Lipinski definition) is 8. The van der Waals surface area contributed by atoms with Crippen molar-refractivity contribution in [1.82, 2.24) is 0 Å². The molecule has 0 amide bonds. The van der Waals surface area contributed by atoms with Gasteiger partial charge < -0.3 is 35.4 Å². The summed E-state index contributed by atoms with van der Waals surface area (Å²) >= 11 is 0. The Labute approximate surface area is 246 Å². The highest BCUT2D eigenvalue weighted by molar-refractivity contribution is 5.73. The van der Waals surface area contributed by atoms with Crippen molar-refractivity contribution in [3.63, 3.8) is 0 Å². The summed E-state index contributed by atoms with van der Waals surface area (Å²) in [7, 11) is 0. The van der Waals surface area contributed by atoms with Gasteiger partial charge in [0.25, 0.3) is 0 Å². The fourth-order valence-corrected chi connectivity index (χ4v) is 4.78. The number of allylic oxidation sites excluding steroid dienone is 8. The fourth-order valence-electron chi connectivity index (χ4n) is 4.78. The third kappa shape index (κ3) is 15.1. The van der Waals surface area contributed by atoms with Crippen molar-refractivity contribution in [2.24, 2.45) is 23.7 Å². The molecule has 8 nitrogen and oxygen atoms in total. The molecule has 10 atom stereocenters. The van der Waals surface area contributed by atoms with Crippen LogP contribution < -0.4 is 0 Å². The first kappa shape index (κ1) is 37.0. The highest BCUT2D eigenvalue weighted by Gasteiger charge is 2.30. The van der Waals surface area contributed by atoms with Crippen molar-refractivity contribution in [3.8, 4) is 0 Å². The van der Waals surface area contributed by atoms with E-state index in [0.717, 1.165) is 0 Å². The molecule has 8 heteroatoms. The zero-order valence-electron chi connectivity index (χ0n) is 25.4. The van der Waals surface area contributed by atoms with Crippen LogP contribution in [-0.4, -0.2) is 79.3 Å². The number of rotatable bonds is 1. The van der Waals surface area contributed by atoms with Gasteiger partial charge in [-0.2, -0.15) is 0 Å². The number of cyclic esters (lactones) is 1. The minimum absolute atomic E-state index is 0.00510. The lowest BCUT2D eigenvalue weighted by Gasteiger charge is -2.28. The van der Waals surface area contributed by atoms with Gasteiger partial charge in [-0.1, -0.05) is 88.5 Å². The molecule has 1 aliphatic heterocycles. The van der Waals surface area contributed by atoms with Crippen LogP contribution in [-0.2, 0) is 9.53 Å². The van der Waals surface area contributed by atoms with Gasteiger partial charge in [0.2, 0.25) is 0 Å². The highest BCUT2D eigenvalue weighted by atomic mass is 16.5. The van der Waals surface area contributed by atoms with Gasteiger partial charge >= 0.3 is 5.97 Å². The average Bonchev–Trinajstić information content (AvgIpc) is 2.90. The van der Waals surface area contributed by atoms with Crippen LogP contribution in [0.4, 0.5) is 0 Å². The zero-order chi connectivity index (χ0) is 30.9. The Morgan fingerprint density at radius 2 is 1.17 bits per heavy atom. The first-order valence-electron chi connectivity index (χ1n) is 15.0. The van der Waals surface area contributed by atoms with Crippen LogP contribution in [0.25, 0.3) is 0 Å². The smallest absolute Gasteiger partial charge is 0.311 e. The molecule has 0 saturated carbocycles. The maximum atomic E-state index is 12.8. The minimum Gasteiger partial charge on any atom is -0.461 e. The van der Waals surface area contributed by atoms with Crippen LogP contribution in [0.5, 0.6) is 0 Å². The third-order valence-electron chi connectivity index (χ3n) is 7.67. The zero-order valence-corrected chi connectivity index (χ0v) is 25.4. The summed E-state index contributed by atoms with van der Waals surface area (Å²) in [6.07, 6.45) is 13.4. The molecule has 0 aliphatic carbocycles. The molecule has 1 rings (SSSR count). The van der Waals surface area contributed by atoms with Crippen molar-refractivity contribution in [2.75, 3.05) is 0 Å².